The van der Waals surface area contributed by atoms with Crippen LogP contribution in [0.5, 0.6) is 5.75 Å². The third-order valence-corrected chi connectivity index (χ3v) is 2.87. The third-order valence-electron chi connectivity index (χ3n) is 2.87. The van der Waals surface area contributed by atoms with Gasteiger partial charge in [-0.15, -0.1) is 0 Å². The van der Waals surface area contributed by atoms with Gasteiger partial charge in [-0.1, -0.05) is 6.92 Å². The lowest BCUT2D eigenvalue weighted by Gasteiger charge is -2.33. The number of benzene rings is 1. The van der Waals surface area contributed by atoms with Crippen LogP contribution in [0.15, 0.2) is 24.3 Å². The van der Waals surface area contributed by atoms with Crippen LogP contribution in [0, 0.1) is 0 Å². The van der Waals surface area contributed by atoms with Crippen molar-refractivity contribution in [2.75, 3.05) is 11.9 Å². The number of nitrogens with one attached hydrogen (secondary N) is 1. The standard InChI is InChI=1S/C13H20N2O/c1-2-7-16-13-5-3-11(4-6-13)15-12-8-10(14)9-12/h3-6,10,12,15H,2,7-9,14H2,1H3. The molecule has 1 aliphatic carbocycles. The van der Waals surface area contributed by atoms with E-state index in [1.54, 1.807) is 0 Å². The zero-order chi connectivity index (χ0) is 11.4. The highest BCUT2D eigenvalue weighted by Gasteiger charge is 2.25. The Morgan fingerprint density at radius 1 is 1.31 bits per heavy atom. The molecule has 88 valence electrons. The van der Waals surface area contributed by atoms with E-state index in [0.29, 0.717) is 12.1 Å². The van der Waals surface area contributed by atoms with Crippen molar-refractivity contribution < 1.29 is 4.74 Å². The Hall–Kier alpha value is -1.22. The second-order valence-electron chi connectivity index (χ2n) is 4.45. The number of hydrogen-bond acceptors (Lipinski definition) is 3. The van der Waals surface area contributed by atoms with Crippen LogP contribution in [0.1, 0.15) is 26.2 Å². The second kappa shape index (κ2) is 5.21. The first-order valence-electron chi connectivity index (χ1n) is 6.03. The Kier molecular flexibility index (Phi) is 3.67. The summed E-state index contributed by atoms with van der Waals surface area (Å²) in [6.07, 6.45) is 3.20. The quantitative estimate of drug-likeness (QED) is 0.801. The van der Waals surface area contributed by atoms with Gasteiger partial charge in [0.15, 0.2) is 0 Å². The molecule has 0 saturated heterocycles. The van der Waals surface area contributed by atoms with E-state index in [1.165, 1.54) is 0 Å². The molecule has 1 aromatic carbocycles. The van der Waals surface area contributed by atoms with Crippen LogP contribution in [0.4, 0.5) is 5.69 Å². The highest BCUT2D eigenvalue weighted by Crippen LogP contribution is 2.23. The fourth-order valence-electron chi connectivity index (χ4n) is 1.88. The average molecular weight is 220 g/mol. The summed E-state index contributed by atoms with van der Waals surface area (Å²) in [5.74, 6) is 0.942. The Labute approximate surface area is 97.0 Å². The molecule has 0 atom stereocenters. The van der Waals surface area contributed by atoms with Gasteiger partial charge in [-0.3, -0.25) is 0 Å². The maximum atomic E-state index is 5.74. The number of ether oxygens (including phenoxy) is 1. The van der Waals surface area contributed by atoms with E-state index < -0.39 is 0 Å². The minimum absolute atomic E-state index is 0.393. The van der Waals surface area contributed by atoms with Gasteiger partial charge in [0.05, 0.1) is 6.61 Å². The van der Waals surface area contributed by atoms with Crippen molar-refractivity contribution in [3.63, 3.8) is 0 Å². The SMILES string of the molecule is CCCOc1ccc(NC2CC(N)C2)cc1. The Balaban J connectivity index is 1.82. The largest absolute Gasteiger partial charge is 0.494 e. The molecule has 16 heavy (non-hydrogen) atoms. The van der Waals surface area contributed by atoms with Crippen molar-refractivity contribution in [2.45, 2.75) is 38.3 Å². The molecule has 0 bridgehead atoms. The maximum Gasteiger partial charge on any atom is 0.119 e. The lowest BCUT2D eigenvalue weighted by atomic mass is 9.87. The molecule has 1 fully saturated rings. The zero-order valence-electron chi connectivity index (χ0n) is 9.78. The Bertz CT molecular complexity index is 317. The molecule has 3 heteroatoms. The molecule has 1 aliphatic rings. The first kappa shape index (κ1) is 11.3. The second-order valence-corrected chi connectivity index (χ2v) is 4.45. The van der Waals surface area contributed by atoms with Gasteiger partial charge in [-0.25, -0.2) is 0 Å². The third kappa shape index (κ3) is 2.89. The normalized spacial score (nSPS) is 23.6. The number of anilines is 1. The van der Waals surface area contributed by atoms with Crippen LogP contribution in [-0.2, 0) is 0 Å². The highest BCUT2D eigenvalue weighted by molar-refractivity contribution is 5.47. The minimum atomic E-state index is 0.393. The van der Waals surface area contributed by atoms with Crippen LogP contribution in [0.2, 0.25) is 0 Å². The van der Waals surface area contributed by atoms with Crippen LogP contribution in [-0.4, -0.2) is 18.7 Å². The molecule has 3 N–H and O–H groups in total. The monoisotopic (exact) mass is 220 g/mol. The summed E-state index contributed by atoms with van der Waals surface area (Å²) in [7, 11) is 0. The van der Waals surface area contributed by atoms with E-state index in [2.05, 4.69) is 24.4 Å². The summed E-state index contributed by atoms with van der Waals surface area (Å²) < 4.78 is 5.52. The van der Waals surface area contributed by atoms with E-state index in [-0.39, 0.29) is 0 Å². The summed E-state index contributed by atoms with van der Waals surface area (Å²) in [6, 6.07) is 9.10. The van der Waals surface area contributed by atoms with Gasteiger partial charge in [0.2, 0.25) is 0 Å². The lowest BCUT2D eigenvalue weighted by Crippen LogP contribution is -2.44. The van der Waals surface area contributed by atoms with Gasteiger partial charge in [-0.2, -0.15) is 0 Å². The smallest absolute Gasteiger partial charge is 0.119 e. The predicted molar refractivity (Wildman–Crippen MR) is 66.8 cm³/mol. The van der Waals surface area contributed by atoms with Crippen molar-refractivity contribution in [1.29, 1.82) is 0 Å². The molecule has 0 aromatic heterocycles. The first-order chi connectivity index (χ1) is 7.78. The van der Waals surface area contributed by atoms with Crippen molar-refractivity contribution in [1.82, 2.24) is 0 Å². The molecule has 1 saturated carbocycles. The van der Waals surface area contributed by atoms with Gasteiger partial charge in [0, 0.05) is 17.8 Å². The minimum Gasteiger partial charge on any atom is -0.494 e. The topological polar surface area (TPSA) is 47.3 Å². The van der Waals surface area contributed by atoms with Gasteiger partial charge in [0.25, 0.3) is 0 Å². The molecule has 3 nitrogen and oxygen atoms in total. The number of nitrogens with two attached hydrogens (primary N) is 1. The fraction of sp³-hybridized carbons (Fsp3) is 0.538. The van der Waals surface area contributed by atoms with Gasteiger partial charge >= 0.3 is 0 Å². The van der Waals surface area contributed by atoms with E-state index >= 15 is 0 Å². The molecule has 2 rings (SSSR count). The van der Waals surface area contributed by atoms with Crippen LogP contribution >= 0.6 is 0 Å². The van der Waals surface area contributed by atoms with Crippen LogP contribution in [0.3, 0.4) is 0 Å². The molecule has 0 radical (unpaired) electrons. The van der Waals surface area contributed by atoms with E-state index in [9.17, 15) is 0 Å². The Morgan fingerprint density at radius 3 is 2.56 bits per heavy atom. The van der Waals surface area contributed by atoms with Gasteiger partial charge < -0.3 is 15.8 Å². The van der Waals surface area contributed by atoms with Crippen molar-refractivity contribution in [2.24, 2.45) is 5.73 Å². The van der Waals surface area contributed by atoms with E-state index in [1.807, 2.05) is 12.1 Å². The van der Waals surface area contributed by atoms with Gasteiger partial charge in [-0.05, 0) is 43.5 Å². The summed E-state index contributed by atoms with van der Waals surface area (Å²) in [5.41, 5.74) is 6.89. The lowest BCUT2D eigenvalue weighted by molar-refractivity contribution is 0.317. The molecule has 0 unspecified atom stereocenters. The molecule has 0 heterocycles. The van der Waals surface area contributed by atoms with E-state index in [4.69, 9.17) is 10.5 Å². The highest BCUT2D eigenvalue weighted by atomic mass is 16.5. The summed E-state index contributed by atoms with van der Waals surface area (Å²) >= 11 is 0. The van der Waals surface area contributed by atoms with Crippen LogP contribution < -0.4 is 15.8 Å². The molecule has 0 spiro atoms. The molecular weight excluding hydrogens is 200 g/mol. The Morgan fingerprint density at radius 2 is 2.00 bits per heavy atom. The van der Waals surface area contributed by atoms with Crippen molar-refractivity contribution in [3.05, 3.63) is 24.3 Å². The molecule has 0 amide bonds. The van der Waals surface area contributed by atoms with Crippen LogP contribution in [0.25, 0.3) is 0 Å². The summed E-state index contributed by atoms with van der Waals surface area (Å²) in [6.45, 7) is 2.89. The number of hydrogen-bond donors (Lipinski definition) is 2. The first-order valence-corrected chi connectivity index (χ1v) is 6.03. The maximum absolute atomic E-state index is 5.74. The summed E-state index contributed by atoms with van der Waals surface area (Å²) in [4.78, 5) is 0. The van der Waals surface area contributed by atoms with Gasteiger partial charge in [0.1, 0.15) is 5.75 Å². The average Bonchev–Trinajstić information content (AvgIpc) is 2.26. The molecular formula is C13H20N2O. The number of rotatable bonds is 5. The summed E-state index contributed by atoms with van der Waals surface area (Å²) in [5, 5.41) is 3.46. The van der Waals surface area contributed by atoms with E-state index in [0.717, 1.165) is 37.3 Å². The molecule has 0 aliphatic heterocycles. The fourth-order valence-corrected chi connectivity index (χ4v) is 1.88. The molecule has 1 aromatic rings. The zero-order valence-corrected chi connectivity index (χ0v) is 9.78. The van der Waals surface area contributed by atoms with Crippen molar-refractivity contribution >= 4 is 5.69 Å². The van der Waals surface area contributed by atoms with Crippen molar-refractivity contribution in [3.8, 4) is 5.75 Å². The predicted octanol–water partition coefficient (Wildman–Crippen LogP) is 2.38.